The van der Waals surface area contributed by atoms with Crippen LogP contribution in [-0.2, 0) is 14.3 Å². The molecule has 6 atom stereocenters. The first-order valence-electron chi connectivity index (χ1n) is 9.08. The second kappa shape index (κ2) is 5.04. The lowest BCUT2D eigenvalue weighted by Crippen LogP contribution is -2.57. The molecule has 0 radical (unpaired) electrons. The molecule has 0 aromatic rings. The largest absolute Gasteiger partial charge is 0.454 e. The Morgan fingerprint density at radius 3 is 2.79 bits per heavy atom. The van der Waals surface area contributed by atoms with Gasteiger partial charge in [0.25, 0.3) is 0 Å². The fourth-order valence-electron chi connectivity index (χ4n) is 6.03. The smallest absolute Gasteiger partial charge is 0.334 e. The van der Waals surface area contributed by atoms with Crippen molar-refractivity contribution in [2.45, 2.75) is 65.1 Å². The summed E-state index contributed by atoms with van der Waals surface area (Å²) in [6, 6.07) is 0. The molecule has 2 saturated carbocycles. The molecule has 2 fully saturated rings. The minimum absolute atomic E-state index is 0.0204. The number of hydrogen-bond acceptors (Lipinski definition) is 4. The number of hydrogen-bond donors (Lipinski definition) is 1. The van der Waals surface area contributed by atoms with Crippen LogP contribution in [0.15, 0.2) is 22.8 Å². The maximum Gasteiger partial charge on any atom is 0.334 e. The third-order valence-electron chi connectivity index (χ3n) is 7.57. The number of allylic oxidation sites excluding steroid dienone is 1. The molecule has 4 aliphatic rings. The van der Waals surface area contributed by atoms with Crippen LogP contribution in [0.4, 0.5) is 0 Å². The van der Waals surface area contributed by atoms with Crippen LogP contribution in [-0.4, -0.2) is 29.6 Å². The van der Waals surface area contributed by atoms with Crippen molar-refractivity contribution in [1.29, 1.82) is 0 Å². The number of aliphatic hydroxyl groups excluding tert-OH is 1. The summed E-state index contributed by atoms with van der Waals surface area (Å²) in [5.41, 5.74) is 2.52. The average Bonchev–Trinajstić information content (AvgIpc) is 2.84. The molecule has 1 N–H and O–H groups in total. The van der Waals surface area contributed by atoms with E-state index in [2.05, 4.69) is 13.0 Å². The van der Waals surface area contributed by atoms with Gasteiger partial charge >= 0.3 is 5.97 Å². The van der Waals surface area contributed by atoms with E-state index in [0.717, 1.165) is 43.1 Å². The molecule has 0 aromatic heterocycles. The number of aldehydes is 1. The molecule has 1 aliphatic heterocycles. The summed E-state index contributed by atoms with van der Waals surface area (Å²) in [5.74, 6) is 0.316. The van der Waals surface area contributed by atoms with Crippen molar-refractivity contribution in [3.05, 3.63) is 22.8 Å². The first-order chi connectivity index (χ1) is 11.3. The molecule has 0 bridgehead atoms. The second-order valence-electron chi connectivity index (χ2n) is 8.62. The lowest BCUT2D eigenvalue weighted by Gasteiger charge is -2.59. The number of ether oxygens (including phenoxy) is 1. The Bertz CT molecular complexity index is 675. The number of carbonyl (C=O) groups excluding carboxylic acids is 2. The predicted octanol–water partition coefficient (Wildman–Crippen LogP) is 2.95. The van der Waals surface area contributed by atoms with Crippen LogP contribution >= 0.6 is 0 Å². The van der Waals surface area contributed by atoms with Crippen molar-refractivity contribution in [3.8, 4) is 0 Å². The van der Waals surface area contributed by atoms with E-state index < -0.39 is 11.5 Å². The standard InChI is InChI=1S/C20H26O4/c1-11-13-8-12-4-5-16-19(2,7-6-17(22)20(16,3)10-21)14(12)9-15(13)24-18(11)23/h8,10,14-17,22H,4-7,9H2,1-3H3/t14-,15-,16+,17-,19+,20-/m1/s1. The first kappa shape index (κ1) is 16.1. The number of rotatable bonds is 1. The first-order valence-corrected chi connectivity index (χ1v) is 9.08. The highest BCUT2D eigenvalue weighted by atomic mass is 16.5. The lowest BCUT2D eigenvalue weighted by atomic mass is 9.45. The molecule has 0 saturated heterocycles. The third-order valence-corrected chi connectivity index (χ3v) is 7.57. The van der Waals surface area contributed by atoms with Gasteiger partial charge in [0.15, 0.2) is 0 Å². The number of aliphatic hydroxyl groups is 1. The summed E-state index contributed by atoms with van der Waals surface area (Å²) in [6.45, 7) is 6.06. The van der Waals surface area contributed by atoms with E-state index in [9.17, 15) is 14.7 Å². The molecule has 130 valence electrons. The summed E-state index contributed by atoms with van der Waals surface area (Å²) < 4.78 is 5.57. The maximum atomic E-state index is 11.9. The zero-order valence-electron chi connectivity index (χ0n) is 14.7. The molecule has 4 heteroatoms. The monoisotopic (exact) mass is 330 g/mol. The fourth-order valence-corrected chi connectivity index (χ4v) is 6.03. The van der Waals surface area contributed by atoms with Crippen LogP contribution in [0.5, 0.6) is 0 Å². The molecular weight excluding hydrogens is 304 g/mol. The Kier molecular flexibility index (Phi) is 3.38. The summed E-state index contributed by atoms with van der Waals surface area (Å²) in [5, 5.41) is 10.5. The van der Waals surface area contributed by atoms with Gasteiger partial charge in [0.1, 0.15) is 12.4 Å². The van der Waals surface area contributed by atoms with Gasteiger partial charge in [0, 0.05) is 11.1 Å². The third kappa shape index (κ3) is 1.89. The summed E-state index contributed by atoms with van der Waals surface area (Å²) in [7, 11) is 0. The van der Waals surface area contributed by atoms with Crippen molar-refractivity contribution >= 4 is 12.3 Å². The number of fused-ring (bicyclic) bond motifs is 4. The Labute approximate surface area is 143 Å². The number of esters is 1. The molecule has 3 aliphatic carbocycles. The Morgan fingerprint density at radius 2 is 2.08 bits per heavy atom. The van der Waals surface area contributed by atoms with Crippen LogP contribution in [0.25, 0.3) is 0 Å². The Balaban J connectivity index is 1.75. The second-order valence-corrected chi connectivity index (χ2v) is 8.62. The van der Waals surface area contributed by atoms with E-state index in [1.807, 2.05) is 13.8 Å². The fraction of sp³-hybridized carbons (Fsp3) is 0.700. The van der Waals surface area contributed by atoms with Crippen LogP contribution in [0.1, 0.15) is 52.9 Å². The van der Waals surface area contributed by atoms with Gasteiger partial charge in [-0.1, -0.05) is 25.5 Å². The van der Waals surface area contributed by atoms with E-state index >= 15 is 0 Å². The van der Waals surface area contributed by atoms with Crippen molar-refractivity contribution in [2.75, 3.05) is 0 Å². The molecule has 4 nitrogen and oxygen atoms in total. The summed E-state index contributed by atoms with van der Waals surface area (Å²) >= 11 is 0. The minimum atomic E-state index is -0.670. The highest BCUT2D eigenvalue weighted by molar-refractivity contribution is 5.92. The quantitative estimate of drug-likeness (QED) is 0.593. The van der Waals surface area contributed by atoms with E-state index in [0.29, 0.717) is 12.3 Å². The van der Waals surface area contributed by atoms with E-state index in [1.165, 1.54) is 5.57 Å². The van der Waals surface area contributed by atoms with E-state index in [4.69, 9.17) is 4.74 Å². The molecule has 4 rings (SSSR count). The van der Waals surface area contributed by atoms with E-state index in [1.54, 1.807) is 0 Å². The van der Waals surface area contributed by atoms with Crippen LogP contribution < -0.4 is 0 Å². The van der Waals surface area contributed by atoms with Crippen molar-refractivity contribution < 1.29 is 19.4 Å². The van der Waals surface area contributed by atoms with E-state index in [-0.39, 0.29) is 23.4 Å². The Hall–Kier alpha value is -1.42. The van der Waals surface area contributed by atoms with Gasteiger partial charge in [-0.25, -0.2) is 4.79 Å². The molecular formula is C20H26O4. The SMILES string of the molecule is CC1=C2C=C3CC[C@@H]4[C@@](C)(C=O)[C@H](O)CC[C@@]4(C)[C@@H]3C[C@H]2OC1=O. The Morgan fingerprint density at radius 1 is 1.33 bits per heavy atom. The van der Waals surface area contributed by atoms with Gasteiger partial charge in [-0.15, -0.1) is 0 Å². The molecule has 1 heterocycles. The molecule has 0 unspecified atom stereocenters. The average molecular weight is 330 g/mol. The van der Waals surface area contributed by atoms with Crippen molar-refractivity contribution in [2.24, 2.45) is 22.7 Å². The highest BCUT2D eigenvalue weighted by Gasteiger charge is 2.59. The summed E-state index contributed by atoms with van der Waals surface area (Å²) in [6.07, 6.45) is 6.78. The van der Waals surface area contributed by atoms with Gasteiger partial charge < -0.3 is 14.6 Å². The topological polar surface area (TPSA) is 63.6 Å². The van der Waals surface area contributed by atoms with Crippen LogP contribution in [0.2, 0.25) is 0 Å². The number of carbonyl (C=O) groups is 2. The zero-order chi connectivity index (χ0) is 17.3. The maximum absolute atomic E-state index is 11.9. The van der Waals surface area contributed by atoms with Gasteiger partial charge in [-0.3, -0.25) is 0 Å². The molecule has 24 heavy (non-hydrogen) atoms. The highest BCUT2D eigenvalue weighted by Crippen LogP contribution is 2.63. The molecule has 0 spiro atoms. The van der Waals surface area contributed by atoms with Crippen molar-refractivity contribution in [1.82, 2.24) is 0 Å². The lowest BCUT2D eigenvalue weighted by molar-refractivity contribution is -0.155. The minimum Gasteiger partial charge on any atom is -0.454 e. The van der Waals surface area contributed by atoms with Gasteiger partial charge in [0.05, 0.1) is 11.5 Å². The predicted molar refractivity (Wildman–Crippen MR) is 89.0 cm³/mol. The van der Waals surface area contributed by atoms with Crippen molar-refractivity contribution in [3.63, 3.8) is 0 Å². The van der Waals surface area contributed by atoms with Crippen LogP contribution in [0, 0.1) is 22.7 Å². The molecule has 0 amide bonds. The molecule has 0 aromatic carbocycles. The summed E-state index contributed by atoms with van der Waals surface area (Å²) in [4.78, 5) is 23.8. The van der Waals surface area contributed by atoms with Gasteiger partial charge in [-0.2, -0.15) is 0 Å². The van der Waals surface area contributed by atoms with Gasteiger partial charge in [-0.05, 0) is 56.3 Å². The zero-order valence-corrected chi connectivity index (χ0v) is 14.7. The normalized spacial score (nSPS) is 47.3. The van der Waals surface area contributed by atoms with Crippen LogP contribution in [0.3, 0.4) is 0 Å². The van der Waals surface area contributed by atoms with Gasteiger partial charge in [0.2, 0.25) is 0 Å².